The Balaban J connectivity index is 1.53. The Hall–Kier alpha value is -4.64. The number of allylic oxidation sites excluding steroid dienone is 1. The number of ether oxygens (including phenoxy) is 2. The minimum absolute atomic E-state index is 0.00908. The van der Waals surface area contributed by atoms with Gasteiger partial charge in [0.15, 0.2) is 5.78 Å². The van der Waals surface area contributed by atoms with Gasteiger partial charge >= 0.3 is 6.03 Å². The number of para-hydroxylation sites is 1. The number of likely N-dealkylation sites (N-methyl/N-ethyl adjacent to an activating group) is 1. The molecule has 10 nitrogen and oxygen atoms in total. The number of hydrogen-bond donors (Lipinski definition) is 1. The van der Waals surface area contributed by atoms with Gasteiger partial charge in [-0.15, -0.1) is 0 Å². The van der Waals surface area contributed by atoms with Crippen molar-refractivity contribution in [1.82, 2.24) is 14.9 Å². The topological polar surface area (TPSA) is 100 Å². The molecule has 0 saturated carbocycles. The first kappa shape index (κ1) is 32.7. The zero-order valence-corrected chi connectivity index (χ0v) is 27.5. The molecule has 3 aromatic carbocycles. The van der Waals surface area contributed by atoms with Crippen molar-refractivity contribution in [2.24, 2.45) is 0 Å². The summed E-state index contributed by atoms with van der Waals surface area (Å²) in [6, 6.07) is 18.3. The maximum Gasteiger partial charge on any atom is 0.330 e. The second-order valence-electron chi connectivity index (χ2n) is 10.9. The van der Waals surface area contributed by atoms with Crippen LogP contribution in [0.1, 0.15) is 16.7 Å². The molecule has 0 spiro atoms. The minimum atomic E-state index is -0.413. The molecule has 0 fully saturated rings. The molecule has 2 heterocycles. The molecule has 1 aliphatic rings. The molecule has 0 radical (unpaired) electrons. The Kier molecular flexibility index (Phi) is 10.4. The smallest absolute Gasteiger partial charge is 0.330 e. The molecule has 0 bridgehead atoms. The molecule has 12 heteroatoms. The highest BCUT2D eigenvalue weighted by molar-refractivity contribution is 6.42. The van der Waals surface area contributed by atoms with E-state index in [0.29, 0.717) is 35.4 Å². The van der Waals surface area contributed by atoms with Crippen molar-refractivity contribution in [2.75, 3.05) is 50.0 Å². The van der Waals surface area contributed by atoms with Gasteiger partial charge in [0.1, 0.15) is 27.4 Å². The van der Waals surface area contributed by atoms with E-state index in [-0.39, 0.29) is 41.0 Å². The van der Waals surface area contributed by atoms with Crippen molar-refractivity contribution in [3.8, 4) is 11.5 Å². The van der Waals surface area contributed by atoms with E-state index < -0.39 is 6.03 Å². The van der Waals surface area contributed by atoms with Crippen LogP contribution in [0.5, 0.6) is 11.5 Å². The third kappa shape index (κ3) is 7.42. The van der Waals surface area contributed by atoms with E-state index in [2.05, 4.69) is 10.3 Å². The molecule has 238 valence electrons. The van der Waals surface area contributed by atoms with Gasteiger partial charge in [-0.05, 0) is 43.4 Å². The number of carbonyl (C=O) groups excluding carboxylic acids is 2. The molecule has 0 aliphatic carbocycles. The van der Waals surface area contributed by atoms with Crippen molar-refractivity contribution in [3.05, 3.63) is 106 Å². The summed E-state index contributed by atoms with van der Waals surface area (Å²) < 4.78 is 10.9. The van der Waals surface area contributed by atoms with E-state index in [9.17, 15) is 9.59 Å². The molecule has 1 N–H and O–H groups in total. The Morgan fingerprint density at radius 1 is 1.00 bits per heavy atom. The molecular weight excluding hydrogens is 627 g/mol. The minimum Gasteiger partial charge on any atom is -0.495 e. The average molecular weight is 662 g/mol. The number of urea groups is 1. The predicted octanol–water partition coefficient (Wildman–Crippen LogP) is 6.92. The lowest BCUT2D eigenvalue weighted by Gasteiger charge is -2.37. The zero-order valence-electron chi connectivity index (χ0n) is 26.0. The third-order valence-corrected chi connectivity index (χ3v) is 7.95. The monoisotopic (exact) mass is 660 g/mol. The molecule has 2 amide bonds. The Morgan fingerprint density at radius 3 is 2.37 bits per heavy atom. The van der Waals surface area contributed by atoms with E-state index in [1.54, 1.807) is 23.2 Å². The number of methoxy groups -OCH3 is 2. The van der Waals surface area contributed by atoms with Crippen molar-refractivity contribution < 1.29 is 19.1 Å². The lowest BCUT2D eigenvalue weighted by atomic mass is 10.0. The van der Waals surface area contributed by atoms with Crippen LogP contribution in [0.15, 0.2) is 79.0 Å². The Morgan fingerprint density at radius 2 is 1.70 bits per heavy atom. The number of benzene rings is 3. The molecule has 4 aromatic rings. The first-order valence-electron chi connectivity index (χ1n) is 14.5. The highest BCUT2D eigenvalue weighted by Crippen LogP contribution is 2.48. The third-order valence-electron chi connectivity index (χ3n) is 7.22. The lowest BCUT2D eigenvalue weighted by molar-refractivity contribution is -0.114. The van der Waals surface area contributed by atoms with Gasteiger partial charge in [-0.1, -0.05) is 71.7 Å². The fraction of sp³-hybridized carbons (Fsp3) is 0.235. The van der Waals surface area contributed by atoms with Crippen LogP contribution in [0.2, 0.25) is 10.0 Å². The molecule has 0 saturated heterocycles. The first-order chi connectivity index (χ1) is 22.2. The fourth-order valence-corrected chi connectivity index (χ4v) is 5.74. The number of carbonyl (C=O) groups is 2. The number of halogens is 2. The van der Waals surface area contributed by atoms with Crippen LogP contribution >= 0.6 is 23.2 Å². The number of ketones is 1. The van der Waals surface area contributed by atoms with Gasteiger partial charge in [0.2, 0.25) is 5.95 Å². The van der Waals surface area contributed by atoms with Crippen LogP contribution in [-0.4, -0.2) is 61.5 Å². The summed E-state index contributed by atoms with van der Waals surface area (Å²) in [6.45, 7) is 0.924. The highest BCUT2D eigenvalue weighted by atomic mass is 35.5. The van der Waals surface area contributed by atoms with Gasteiger partial charge in [0, 0.05) is 36.5 Å². The van der Waals surface area contributed by atoms with Crippen LogP contribution in [-0.2, 0) is 24.3 Å². The molecule has 0 unspecified atom stereocenters. The fourth-order valence-electron chi connectivity index (χ4n) is 5.03. The van der Waals surface area contributed by atoms with Crippen LogP contribution in [0.25, 0.3) is 0 Å². The summed E-state index contributed by atoms with van der Waals surface area (Å²) in [7, 11) is 6.83. The number of nitrogens with zero attached hydrogens (tertiary/aromatic N) is 5. The number of anilines is 4. The summed E-state index contributed by atoms with van der Waals surface area (Å²) >= 11 is 13.5. The van der Waals surface area contributed by atoms with Crippen molar-refractivity contribution >= 4 is 58.2 Å². The lowest BCUT2D eigenvalue weighted by Crippen LogP contribution is -2.48. The van der Waals surface area contributed by atoms with E-state index in [1.165, 1.54) is 19.1 Å². The van der Waals surface area contributed by atoms with Crippen LogP contribution < -0.4 is 24.6 Å². The Bertz CT molecular complexity index is 1740. The molecule has 46 heavy (non-hydrogen) atoms. The van der Waals surface area contributed by atoms with Crippen LogP contribution in [0.3, 0.4) is 0 Å². The normalized spacial score (nSPS) is 12.9. The molecule has 1 aliphatic heterocycles. The number of amides is 2. The molecule has 1 aromatic heterocycles. The zero-order chi connectivity index (χ0) is 32.8. The van der Waals surface area contributed by atoms with Gasteiger partial charge < -0.3 is 19.7 Å². The number of nitrogens with one attached hydrogen (secondary N) is 1. The average Bonchev–Trinajstić information content (AvgIpc) is 3.04. The summed E-state index contributed by atoms with van der Waals surface area (Å²) in [5.74, 6) is 1.37. The van der Waals surface area contributed by atoms with Crippen molar-refractivity contribution in [2.45, 2.75) is 19.5 Å². The summed E-state index contributed by atoms with van der Waals surface area (Å²) in [5, 5.41) is 3.53. The second-order valence-corrected chi connectivity index (χ2v) is 11.6. The van der Waals surface area contributed by atoms with E-state index in [1.807, 2.05) is 79.7 Å². The van der Waals surface area contributed by atoms with Gasteiger partial charge in [0.25, 0.3) is 0 Å². The predicted molar refractivity (Wildman–Crippen MR) is 182 cm³/mol. The number of aromatic nitrogens is 2. The molecular formula is C34H34Cl2N6O4. The maximum absolute atomic E-state index is 14.4. The first-order valence-corrected chi connectivity index (χ1v) is 15.2. The molecule has 5 rings (SSSR count). The summed E-state index contributed by atoms with van der Waals surface area (Å²) in [6.07, 6.45) is 5.35. The molecule has 0 atom stereocenters. The number of rotatable bonds is 12. The van der Waals surface area contributed by atoms with Gasteiger partial charge in [-0.25, -0.2) is 9.78 Å². The van der Waals surface area contributed by atoms with Crippen molar-refractivity contribution in [3.63, 3.8) is 0 Å². The van der Waals surface area contributed by atoms with Gasteiger partial charge in [-0.2, -0.15) is 4.98 Å². The largest absolute Gasteiger partial charge is 0.495 e. The van der Waals surface area contributed by atoms with E-state index >= 15 is 0 Å². The SMILES string of the molecule is COc1cc(OC)c(Cl)c(N2Cc3cnc(Nc4ccccc4)nc3N(Cc3cccc(CC(=O)/C=C/CN(C)C)c3)C2=O)c1Cl. The van der Waals surface area contributed by atoms with Gasteiger partial charge in [0.05, 0.1) is 33.0 Å². The summed E-state index contributed by atoms with van der Waals surface area (Å²) in [4.78, 5) is 41.3. The standard InChI is InChI=1S/C34H34Cl2N6O4/c1-40(2)15-9-14-26(43)17-22-10-8-11-23(16-22)20-42-32-24(19-37-33(39-32)38-25-12-6-5-7-13-25)21-41(34(42)44)31-29(35)27(45-3)18-28(46-4)30(31)36/h5-14,16,18-19H,15,17,20-21H2,1-4H3,(H,37,38,39)/b14-9+. The summed E-state index contributed by atoms with van der Waals surface area (Å²) in [5.41, 5.74) is 3.36. The van der Waals surface area contributed by atoms with Crippen molar-refractivity contribution in [1.29, 1.82) is 0 Å². The maximum atomic E-state index is 14.4. The van der Waals surface area contributed by atoms with Crippen LogP contribution in [0, 0.1) is 0 Å². The second kappa shape index (κ2) is 14.6. The number of hydrogen-bond acceptors (Lipinski definition) is 8. The number of fused-ring (bicyclic) bond motifs is 1. The van der Waals surface area contributed by atoms with Crippen LogP contribution in [0.4, 0.5) is 27.9 Å². The Labute approximate surface area is 278 Å². The highest BCUT2D eigenvalue weighted by Gasteiger charge is 2.37. The van der Waals surface area contributed by atoms with Gasteiger partial charge in [-0.3, -0.25) is 14.6 Å². The quantitative estimate of drug-likeness (QED) is 0.164. The van der Waals surface area contributed by atoms with E-state index in [0.717, 1.165) is 16.8 Å². The van der Waals surface area contributed by atoms with E-state index in [4.69, 9.17) is 37.7 Å².